The standard InChI is InChI=1S/C17H18N4O4S2/c1-20-16(15-5-4-10-25-15)18-19-17(20)26-11-14(22)12-6-8-13(9-7-12)21(2)27(3,23)24/h4-10H,11H2,1-3H3. The molecule has 2 aromatic heterocycles. The first-order chi connectivity index (χ1) is 12.8. The number of carbonyl (C=O) groups is 1. The summed E-state index contributed by atoms with van der Waals surface area (Å²) in [6.07, 6.45) is 2.69. The number of hydrogen-bond donors (Lipinski definition) is 0. The van der Waals surface area contributed by atoms with Crippen molar-refractivity contribution in [3.63, 3.8) is 0 Å². The molecule has 0 aliphatic carbocycles. The molecule has 0 unspecified atom stereocenters. The van der Waals surface area contributed by atoms with Gasteiger partial charge in [0, 0.05) is 19.7 Å². The van der Waals surface area contributed by atoms with Gasteiger partial charge in [-0.2, -0.15) is 0 Å². The number of carbonyl (C=O) groups excluding carboxylic acids is 1. The number of hydrogen-bond acceptors (Lipinski definition) is 7. The van der Waals surface area contributed by atoms with E-state index >= 15 is 0 Å². The van der Waals surface area contributed by atoms with E-state index in [1.807, 2.05) is 0 Å². The maximum atomic E-state index is 12.4. The number of benzene rings is 1. The first-order valence-corrected chi connectivity index (χ1v) is 10.7. The van der Waals surface area contributed by atoms with Crippen LogP contribution in [0.1, 0.15) is 10.4 Å². The van der Waals surface area contributed by atoms with Gasteiger partial charge in [0.25, 0.3) is 0 Å². The summed E-state index contributed by atoms with van der Waals surface area (Å²) in [5, 5.41) is 8.78. The summed E-state index contributed by atoms with van der Waals surface area (Å²) < 4.78 is 31.4. The van der Waals surface area contributed by atoms with Gasteiger partial charge in [-0.05, 0) is 36.4 Å². The number of Topliss-reactive ketones (excluding diaryl/α,β-unsaturated/α-hetero) is 1. The van der Waals surface area contributed by atoms with Crippen LogP contribution in [0.25, 0.3) is 11.6 Å². The molecule has 3 rings (SSSR count). The van der Waals surface area contributed by atoms with Crippen molar-refractivity contribution in [1.82, 2.24) is 14.8 Å². The Bertz CT molecular complexity index is 1040. The fourth-order valence-corrected chi connectivity index (χ4v) is 3.63. The van der Waals surface area contributed by atoms with Crippen LogP contribution in [0, 0.1) is 0 Å². The zero-order chi connectivity index (χ0) is 19.6. The minimum Gasteiger partial charge on any atom is -0.461 e. The summed E-state index contributed by atoms with van der Waals surface area (Å²) in [7, 11) is -0.0667. The number of sulfonamides is 1. The van der Waals surface area contributed by atoms with Crippen LogP contribution in [0.2, 0.25) is 0 Å². The Morgan fingerprint density at radius 2 is 1.93 bits per heavy atom. The first kappa shape index (κ1) is 19.2. The highest BCUT2D eigenvalue weighted by Crippen LogP contribution is 2.24. The first-order valence-electron chi connectivity index (χ1n) is 7.90. The highest BCUT2D eigenvalue weighted by molar-refractivity contribution is 7.99. The van der Waals surface area contributed by atoms with Crippen LogP contribution in [0.4, 0.5) is 5.69 Å². The number of aromatic nitrogens is 3. The van der Waals surface area contributed by atoms with Crippen LogP contribution in [0.15, 0.2) is 52.2 Å². The number of furan rings is 1. The van der Waals surface area contributed by atoms with Crippen molar-refractivity contribution in [2.75, 3.05) is 23.4 Å². The van der Waals surface area contributed by atoms with Crippen molar-refractivity contribution in [3.05, 3.63) is 48.2 Å². The number of nitrogens with zero attached hydrogens (tertiary/aromatic N) is 4. The highest BCUT2D eigenvalue weighted by Gasteiger charge is 2.16. The molecule has 0 amide bonds. The Morgan fingerprint density at radius 3 is 2.52 bits per heavy atom. The van der Waals surface area contributed by atoms with Crippen LogP contribution < -0.4 is 4.31 Å². The molecular formula is C17H18N4O4S2. The monoisotopic (exact) mass is 406 g/mol. The van der Waals surface area contributed by atoms with Gasteiger partial charge in [0.15, 0.2) is 22.5 Å². The molecule has 0 saturated heterocycles. The van der Waals surface area contributed by atoms with Crippen LogP contribution in [0.5, 0.6) is 0 Å². The average molecular weight is 406 g/mol. The van der Waals surface area contributed by atoms with E-state index < -0.39 is 10.0 Å². The Labute approximate surface area is 161 Å². The average Bonchev–Trinajstić information content (AvgIpc) is 3.28. The summed E-state index contributed by atoms with van der Waals surface area (Å²) in [4.78, 5) is 12.4. The van der Waals surface area contributed by atoms with Gasteiger partial charge in [0.2, 0.25) is 10.0 Å². The van der Waals surface area contributed by atoms with E-state index in [0.29, 0.717) is 28.0 Å². The van der Waals surface area contributed by atoms with Crippen molar-refractivity contribution in [3.8, 4) is 11.6 Å². The molecule has 10 heteroatoms. The zero-order valence-corrected chi connectivity index (χ0v) is 16.6. The highest BCUT2D eigenvalue weighted by atomic mass is 32.2. The second-order valence-electron chi connectivity index (χ2n) is 5.83. The largest absolute Gasteiger partial charge is 0.461 e. The predicted octanol–water partition coefficient (Wildman–Crippen LogP) is 2.45. The maximum Gasteiger partial charge on any atom is 0.231 e. The lowest BCUT2D eigenvalue weighted by Gasteiger charge is -2.16. The molecule has 0 bridgehead atoms. The molecule has 0 N–H and O–H groups in total. The molecular weight excluding hydrogens is 388 g/mol. The molecule has 8 nitrogen and oxygen atoms in total. The molecule has 0 saturated carbocycles. The fraction of sp³-hybridized carbons (Fsp3) is 0.235. The third kappa shape index (κ3) is 4.22. The van der Waals surface area contributed by atoms with Crippen molar-refractivity contribution in [2.45, 2.75) is 5.16 Å². The van der Waals surface area contributed by atoms with E-state index in [9.17, 15) is 13.2 Å². The Hall–Kier alpha value is -2.59. The van der Waals surface area contributed by atoms with Gasteiger partial charge in [-0.15, -0.1) is 10.2 Å². The lowest BCUT2D eigenvalue weighted by molar-refractivity contribution is 0.102. The van der Waals surface area contributed by atoms with E-state index in [0.717, 1.165) is 10.6 Å². The van der Waals surface area contributed by atoms with Gasteiger partial charge in [0.05, 0.1) is 24.0 Å². The molecule has 3 aromatic rings. The number of thioether (sulfide) groups is 1. The molecule has 0 aliphatic rings. The summed E-state index contributed by atoms with van der Waals surface area (Å²) in [6.45, 7) is 0. The Balaban J connectivity index is 1.66. The zero-order valence-electron chi connectivity index (χ0n) is 15.0. The van der Waals surface area contributed by atoms with E-state index in [1.165, 1.54) is 18.8 Å². The molecule has 0 fully saturated rings. The quantitative estimate of drug-likeness (QED) is 0.439. The summed E-state index contributed by atoms with van der Waals surface area (Å²) in [6, 6.07) is 10.0. The lowest BCUT2D eigenvalue weighted by Crippen LogP contribution is -2.24. The molecule has 142 valence electrons. The lowest BCUT2D eigenvalue weighted by atomic mass is 10.1. The Morgan fingerprint density at radius 1 is 1.22 bits per heavy atom. The third-order valence-electron chi connectivity index (χ3n) is 3.96. The Kier molecular flexibility index (Phi) is 5.38. The van der Waals surface area contributed by atoms with Crippen LogP contribution in [-0.4, -0.2) is 48.0 Å². The van der Waals surface area contributed by atoms with Crippen LogP contribution >= 0.6 is 11.8 Å². The number of anilines is 1. The fourth-order valence-electron chi connectivity index (χ4n) is 2.32. The molecule has 2 heterocycles. The molecule has 27 heavy (non-hydrogen) atoms. The molecule has 0 radical (unpaired) electrons. The van der Waals surface area contributed by atoms with Gasteiger partial charge < -0.3 is 8.98 Å². The van der Waals surface area contributed by atoms with Gasteiger partial charge in [-0.3, -0.25) is 9.10 Å². The number of ketones is 1. The molecule has 1 aromatic carbocycles. The van der Waals surface area contributed by atoms with Gasteiger partial charge in [-0.1, -0.05) is 11.8 Å². The van der Waals surface area contributed by atoms with Gasteiger partial charge in [0.1, 0.15) is 0 Å². The van der Waals surface area contributed by atoms with Crippen LogP contribution in [0.3, 0.4) is 0 Å². The molecule has 0 atom stereocenters. The summed E-state index contributed by atoms with van der Waals surface area (Å²) in [5.74, 6) is 1.29. The van der Waals surface area contributed by atoms with Gasteiger partial charge >= 0.3 is 0 Å². The predicted molar refractivity (Wildman–Crippen MR) is 103 cm³/mol. The third-order valence-corrected chi connectivity index (χ3v) is 6.19. The normalized spacial score (nSPS) is 11.5. The van der Waals surface area contributed by atoms with Crippen molar-refractivity contribution in [1.29, 1.82) is 0 Å². The minimum atomic E-state index is -3.34. The topological polar surface area (TPSA) is 98.3 Å². The maximum absolute atomic E-state index is 12.4. The van der Waals surface area contributed by atoms with Crippen molar-refractivity contribution >= 4 is 33.3 Å². The summed E-state index contributed by atoms with van der Waals surface area (Å²) in [5.41, 5.74) is 1.000. The van der Waals surface area contributed by atoms with Crippen LogP contribution in [-0.2, 0) is 17.1 Å². The van der Waals surface area contributed by atoms with E-state index in [-0.39, 0.29) is 11.5 Å². The molecule has 0 spiro atoms. The summed E-state index contributed by atoms with van der Waals surface area (Å²) >= 11 is 1.27. The molecule has 0 aliphatic heterocycles. The smallest absolute Gasteiger partial charge is 0.231 e. The van der Waals surface area contributed by atoms with E-state index in [4.69, 9.17) is 4.42 Å². The minimum absolute atomic E-state index is 0.0869. The van der Waals surface area contributed by atoms with Gasteiger partial charge in [-0.25, -0.2) is 8.42 Å². The van der Waals surface area contributed by atoms with E-state index in [1.54, 1.807) is 54.3 Å². The van der Waals surface area contributed by atoms with Crippen molar-refractivity contribution < 1.29 is 17.6 Å². The van der Waals surface area contributed by atoms with E-state index in [2.05, 4.69) is 10.2 Å². The van der Waals surface area contributed by atoms with Crippen molar-refractivity contribution in [2.24, 2.45) is 7.05 Å². The second kappa shape index (κ2) is 7.57. The second-order valence-corrected chi connectivity index (χ2v) is 8.79. The number of rotatable bonds is 7. The SMILES string of the molecule is CN(c1ccc(C(=O)CSc2nnc(-c3ccco3)n2C)cc1)S(C)(=O)=O.